The van der Waals surface area contributed by atoms with Crippen molar-refractivity contribution in [1.29, 1.82) is 0 Å². The summed E-state index contributed by atoms with van der Waals surface area (Å²) in [6.45, 7) is 3.75. The molecule has 0 aliphatic heterocycles. The van der Waals surface area contributed by atoms with Gasteiger partial charge in [0, 0.05) is 13.1 Å². The number of aryl methyl sites for hydroxylation is 2. The molecular weight excluding hydrogens is 320 g/mol. The SMILES string of the molecule is Cc1nc(-c2onc(C)c2COC(=O)N(C)C2CCCC2)ccc1N. The van der Waals surface area contributed by atoms with E-state index in [0.29, 0.717) is 22.8 Å². The molecule has 2 aromatic heterocycles. The molecule has 2 heterocycles. The first-order valence-corrected chi connectivity index (χ1v) is 8.55. The molecule has 0 bridgehead atoms. The minimum absolute atomic E-state index is 0.103. The van der Waals surface area contributed by atoms with E-state index >= 15 is 0 Å². The summed E-state index contributed by atoms with van der Waals surface area (Å²) < 4.78 is 10.9. The molecule has 3 rings (SSSR count). The maximum atomic E-state index is 12.3. The lowest BCUT2D eigenvalue weighted by Crippen LogP contribution is -2.35. The maximum absolute atomic E-state index is 12.3. The molecule has 1 aliphatic carbocycles. The van der Waals surface area contributed by atoms with Gasteiger partial charge in [-0.25, -0.2) is 9.78 Å². The Morgan fingerprint density at radius 3 is 2.72 bits per heavy atom. The molecule has 0 aromatic carbocycles. The van der Waals surface area contributed by atoms with E-state index in [-0.39, 0.29) is 18.7 Å². The molecule has 2 aromatic rings. The number of hydrogen-bond acceptors (Lipinski definition) is 6. The Bertz CT molecular complexity index is 766. The van der Waals surface area contributed by atoms with Crippen molar-refractivity contribution in [1.82, 2.24) is 15.0 Å². The first-order valence-electron chi connectivity index (χ1n) is 8.55. The molecule has 0 radical (unpaired) electrons. The molecule has 25 heavy (non-hydrogen) atoms. The fourth-order valence-electron chi connectivity index (χ4n) is 3.13. The van der Waals surface area contributed by atoms with E-state index in [4.69, 9.17) is 15.0 Å². The average Bonchev–Trinajstić information content (AvgIpc) is 3.24. The smallest absolute Gasteiger partial charge is 0.410 e. The Morgan fingerprint density at radius 2 is 2.04 bits per heavy atom. The zero-order chi connectivity index (χ0) is 18.0. The van der Waals surface area contributed by atoms with Crippen molar-refractivity contribution in [3.63, 3.8) is 0 Å². The van der Waals surface area contributed by atoms with Crippen LogP contribution in [0.3, 0.4) is 0 Å². The third-order valence-corrected chi connectivity index (χ3v) is 4.84. The molecule has 134 valence electrons. The summed E-state index contributed by atoms with van der Waals surface area (Å²) in [4.78, 5) is 18.4. The van der Waals surface area contributed by atoms with Crippen molar-refractivity contribution >= 4 is 11.8 Å². The highest BCUT2D eigenvalue weighted by atomic mass is 16.6. The summed E-state index contributed by atoms with van der Waals surface area (Å²) in [5.74, 6) is 0.511. The van der Waals surface area contributed by atoms with Crippen LogP contribution in [0.2, 0.25) is 0 Å². The van der Waals surface area contributed by atoms with Gasteiger partial charge in [0.25, 0.3) is 0 Å². The van der Waals surface area contributed by atoms with Crippen LogP contribution in [0.5, 0.6) is 0 Å². The summed E-state index contributed by atoms with van der Waals surface area (Å²) in [5, 5.41) is 3.99. The minimum atomic E-state index is -0.320. The van der Waals surface area contributed by atoms with Gasteiger partial charge in [0.1, 0.15) is 12.3 Å². The molecular formula is C18H24N4O3. The summed E-state index contributed by atoms with van der Waals surface area (Å²) >= 11 is 0. The molecule has 7 nitrogen and oxygen atoms in total. The van der Waals surface area contributed by atoms with Crippen LogP contribution in [0.25, 0.3) is 11.5 Å². The van der Waals surface area contributed by atoms with Gasteiger partial charge < -0.3 is 19.9 Å². The predicted octanol–water partition coefficient (Wildman–Crippen LogP) is 3.45. The third kappa shape index (κ3) is 3.60. The maximum Gasteiger partial charge on any atom is 0.410 e. The van der Waals surface area contributed by atoms with Gasteiger partial charge in [-0.2, -0.15) is 0 Å². The molecule has 1 aliphatic rings. The fraction of sp³-hybridized carbons (Fsp3) is 0.500. The zero-order valence-electron chi connectivity index (χ0n) is 14.9. The number of amides is 1. The Morgan fingerprint density at radius 1 is 1.32 bits per heavy atom. The number of ether oxygens (including phenoxy) is 1. The summed E-state index contributed by atoms with van der Waals surface area (Å²) in [5.41, 5.74) is 9.19. The molecule has 0 unspecified atom stereocenters. The monoisotopic (exact) mass is 344 g/mol. The number of nitrogens with zero attached hydrogens (tertiary/aromatic N) is 3. The topological polar surface area (TPSA) is 94.5 Å². The Kier molecular flexibility index (Phi) is 4.92. The first-order chi connectivity index (χ1) is 12.0. The van der Waals surface area contributed by atoms with E-state index in [9.17, 15) is 4.79 Å². The number of nitrogens with two attached hydrogens (primary N) is 1. The van der Waals surface area contributed by atoms with Gasteiger partial charge in [0.2, 0.25) is 0 Å². The van der Waals surface area contributed by atoms with Crippen LogP contribution < -0.4 is 5.73 Å². The van der Waals surface area contributed by atoms with Crippen molar-refractivity contribution in [2.75, 3.05) is 12.8 Å². The number of carbonyl (C=O) groups excluding carboxylic acids is 1. The van der Waals surface area contributed by atoms with Gasteiger partial charge in [-0.1, -0.05) is 18.0 Å². The van der Waals surface area contributed by atoms with Crippen LogP contribution >= 0.6 is 0 Å². The molecule has 7 heteroatoms. The van der Waals surface area contributed by atoms with Crippen molar-refractivity contribution in [2.45, 2.75) is 52.2 Å². The highest BCUT2D eigenvalue weighted by molar-refractivity contribution is 5.68. The second-order valence-corrected chi connectivity index (χ2v) is 6.55. The number of pyridine rings is 1. The number of hydrogen-bond donors (Lipinski definition) is 1. The Labute approximate surface area is 147 Å². The third-order valence-electron chi connectivity index (χ3n) is 4.84. The van der Waals surface area contributed by atoms with Crippen LogP contribution in [-0.2, 0) is 11.3 Å². The first kappa shape index (κ1) is 17.3. The van der Waals surface area contributed by atoms with Crippen molar-refractivity contribution < 1.29 is 14.1 Å². The second-order valence-electron chi connectivity index (χ2n) is 6.55. The molecule has 0 saturated heterocycles. The van der Waals surface area contributed by atoms with Crippen LogP contribution in [0.4, 0.5) is 10.5 Å². The van der Waals surface area contributed by atoms with E-state index < -0.39 is 0 Å². The van der Waals surface area contributed by atoms with E-state index in [1.165, 1.54) is 12.8 Å². The second kappa shape index (κ2) is 7.13. The number of rotatable bonds is 4. The lowest BCUT2D eigenvalue weighted by Gasteiger charge is -2.23. The summed E-state index contributed by atoms with van der Waals surface area (Å²) in [6, 6.07) is 3.83. The van der Waals surface area contributed by atoms with Gasteiger partial charge in [-0.05, 0) is 38.8 Å². The van der Waals surface area contributed by atoms with Crippen LogP contribution in [0.1, 0.15) is 42.6 Å². The predicted molar refractivity (Wildman–Crippen MR) is 93.8 cm³/mol. The van der Waals surface area contributed by atoms with E-state index in [2.05, 4.69) is 10.1 Å². The van der Waals surface area contributed by atoms with E-state index in [0.717, 1.165) is 24.1 Å². The number of anilines is 1. The molecule has 2 N–H and O–H groups in total. The minimum Gasteiger partial charge on any atom is -0.444 e. The van der Waals surface area contributed by atoms with Crippen molar-refractivity contribution in [3.05, 3.63) is 29.1 Å². The van der Waals surface area contributed by atoms with Gasteiger partial charge in [-0.3, -0.25) is 0 Å². The van der Waals surface area contributed by atoms with Gasteiger partial charge in [0.15, 0.2) is 5.76 Å². The molecule has 0 atom stereocenters. The lowest BCUT2D eigenvalue weighted by molar-refractivity contribution is 0.0917. The highest BCUT2D eigenvalue weighted by Gasteiger charge is 2.25. The largest absolute Gasteiger partial charge is 0.444 e. The van der Waals surface area contributed by atoms with Gasteiger partial charge in [-0.15, -0.1) is 0 Å². The Balaban J connectivity index is 1.73. The zero-order valence-corrected chi connectivity index (χ0v) is 14.9. The summed E-state index contributed by atoms with van der Waals surface area (Å²) in [7, 11) is 1.80. The molecule has 1 saturated carbocycles. The highest BCUT2D eigenvalue weighted by Crippen LogP contribution is 2.27. The van der Waals surface area contributed by atoms with Crippen molar-refractivity contribution in [3.8, 4) is 11.5 Å². The van der Waals surface area contributed by atoms with Gasteiger partial charge in [0.05, 0.1) is 22.6 Å². The normalized spacial score (nSPS) is 14.7. The average molecular weight is 344 g/mol. The quantitative estimate of drug-likeness (QED) is 0.913. The standard InChI is InChI=1S/C18H24N4O3/c1-11-14(10-24-18(23)22(3)13-6-4-5-7-13)17(25-21-11)16-9-8-15(19)12(2)20-16/h8-9,13H,4-7,10,19H2,1-3H3. The van der Waals surface area contributed by atoms with Crippen LogP contribution in [0, 0.1) is 13.8 Å². The molecule has 1 amide bonds. The van der Waals surface area contributed by atoms with E-state index in [1.54, 1.807) is 24.1 Å². The van der Waals surface area contributed by atoms with Crippen molar-refractivity contribution in [2.24, 2.45) is 0 Å². The lowest BCUT2D eigenvalue weighted by atomic mass is 10.1. The number of carbonyl (C=O) groups is 1. The number of aromatic nitrogens is 2. The van der Waals surface area contributed by atoms with Crippen LogP contribution in [0.15, 0.2) is 16.7 Å². The fourth-order valence-corrected chi connectivity index (χ4v) is 3.13. The molecule has 0 spiro atoms. The molecule has 1 fully saturated rings. The number of nitrogen functional groups attached to an aromatic ring is 1. The Hall–Kier alpha value is -2.57. The van der Waals surface area contributed by atoms with Gasteiger partial charge >= 0.3 is 6.09 Å². The van der Waals surface area contributed by atoms with Crippen LogP contribution in [-0.4, -0.2) is 34.2 Å². The summed E-state index contributed by atoms with van der Waals surface area (Å²) in [6.07, 6.45) is 4.09. The van der Waals surface area contributed by atoms with E-state index in [1.807, 2.05) is 13.8 Å².